The summed E-state index contributed by atoms with van der Waals surface area (Å²) in [6.45, 7) is 4.09. The van der Waals surface area contributed by atoms with E-state index in [-0.39, 0.29) is 0 Å². The van der Waals surface area contributed by atoms with E-state index < -0.39 is 36.9 Å². The average molecular weight is 1040 g/mol. The second kappa shape index (κ2) is 62.4. The number of rotatable bonds is 62. The fraction of sp³-hybridized carbons (Fsp3) is 0.897. The van der Waals surface area contributed by atoms with Crippen molar-refractivity contribution in [1.29, 1.82) is 0 Å². The van der Waals surface area contributed by atoms with Crippen molar-refractivity contribution in [3.63, 3.8) is 0 Å². The number of hydrogen-bond acceptors (Lipinski definition) is 5. The van der Waals surface area contributed by atoms with Crippen molar-refractivity contribution in [2.75, 3.05) is 6.61 Å². The predicted molar refractivity (Wildman–Crippen MR) is 325 cm³/mol. The molecule has 6 heteroatoms. The largest absolute Gasteiger partial charge is 0.394 e. The molecule has 5 N–H and O–H groups in total. The quantitative estimate of drug-likeness (QED) is 0.0308. The molecule has 0 spiro atoms. The molecule has 0 rings (SSSR count). The zero-order valence-electron chi connectivity index (χ0n) is 49.9. The summed E-state index contributed by atoms with van der Waals surface area (Å²) in [4.78, 5) is 12.6. The number of allylic oxidation sites excluding steroid dienone is 6. The summed E-state index contributed by atoms with van der Waals surface area (Å²) in [5, 5.41) is 44.1. The zero-order valence-corrected chi connectivity index (χ0v) is 49.9. The summed E-state index contributed by atoms with van der Waals surface area (Å²) >= 11 is 0. The topological polar surface area (TPSA) is 110 Å². The van der Waals surface area contributed by atoms with Crippen molar-refractivity contribution >= 4 is 5.91 Å². The maximum atomic E-state index is 12.6. The van der Waals surface area contributed by atoms with Gasteiger partial charge in [-0.15, -0.1) is 0 Å². The van der Waals surface area contributed by atoms with E-state index in [9.17, 15) is 25.2 Å². The van der Waals surface area contributed by atoms with Gasteiger partial charge in [0, 0.05) is 0 Å². The van der Waals surface area contributed by atoms with Gasteiger partial charge in [0.25, 0.3) is 0 Å². The predicted octanol–water partition coefficient (Wildman–Crippen LogP) is 20.3. The van der Waals surface area contributed by atoms with Crippen LogP contribution < -0.4 is 5.32 Å². The highest BCUT2D eigenvalue weighted by atomic mass is 16.3. The Bertz CT molecular complexity index is 1170. The lowest BCUT2D eigenvalue weighted by molar-refractivity contribution is -0.132. The lowest BCUT2D eigenvalue weighted by Crippen LogP contribution is -2.53. The van der Waals surface area contributed by atoms with Gasteiger partial charge in [0.05, 0.1) is 18.8 Å². The van der Waals surface area contributed by atoms with E-state index in [4.69, 9.17) is 0 Å². The van der Waals surface area contributed by atoms with E-state index in [1.54, 1.807) is 0 Å². The van der Waals surface area contributed by atoms with Gasteiger partial charge in [-0.25, -0.2) is 0 Å². The Hall–Kier alpha value is -1.47. The summed E-state index contributed by atoms with van der Waals surface area (Å²) in [5.41, 5.74) is 0. The number of hydrogen-bond donors (Lipinski definition) is 5. The number of aliphatic hydroxyl groups excluding tert-OH is 4. The monoisotopic (exact) mass is 1040 g/mol. The molecule has 0 aliphatic carbocycles. The molecule has 0 aliphatic heterocycles. The zero-order chi connectivity index (χ0) is 53.7. The molecule has 0 heterocycles. The van der Waals surface area contributed by atoms with Crippen LogP contribution in [0.5, 0.6) is 0 Å². The standard InChI is InChI=1S/C68H131NO5/c1-3-5-7-9-11-13-15-17-19-21-23-25-27-29-31-32-33-34-36-38-40-42-44-46-48-50-52-54-56-58-60-62-66(72)68(74)69-64(63-70)67(73)65(71)61-59-57-55-53-51-49-47-45-43-41-39-37-35-30-28-26-24-22-20-18-16-14-12-10-8-6-4-2/h29,31,45,47,53,55,64-67,70-73H,3-28,30,32-44,46,48-52,54,56-63H2,1-2H3,(H,69,74)/b31-29-,47-45+,55-53+. The summed E-state index contributed by atoms with van der Waals surface area (Å²) in [6, 6.07) is -1.01. The van der Waals surface area contributed by atoms with Gasteiger partial charge in [0.2, 0.25) is 5.91 Å². The molecule has 0 aromatic heterocycles. The molecular weight excluding hydrogens is 911 g/mol. The van der Waals surface area contributed by atoms with Gasteiger partial charge in [0.15, 0.2) is 0 Å². The molecule has 4 unspecified atom stereocenters. The average Bonchev–Trinajstić information content (AvgIpc) is 3.41. The van der Waals surface area contributed by atoms with Gasteiger partial charge in [-0.05, 0) is 77.0 Å². The molecule has 0 aliphatic rings. The lowest BCUT2D eigenvalue weighted by atomic mass is 10.00. The fourth-order valence-electron chi connectivity index (χ4n) is 10.6. The van der Waals surface area contributed by atoms with E-state index in [0.717, 1.165) is 38.5 Å². The molecule has 0 radical (unpaired) electrons. The summed E-state index contributed by atoms with van der Waals surface area (Å²) in [7, 11) is 0. The molecule has 0 aromatic rings. The third kappa shape index (κ3) is 55.3. The van der Waals surface area contributed by atoms with E-state index in [2.05, 4.69) is 55.6 Å². The SMILES string of the molecule is CCCCCCCCCCCCCC/C=C\CCCCCCCCCCCCCCCCCC(O)C(=O)NC(CO)C(O)C(O)CCC/C=C/CC/C=C/CCCCCCCCCCCCCCCCCCCC. The van der Waals surface area contributed by atoms with Crippen LogP contribution in [0.25, 0.3) is 0 Å². The third-order valence-electron chi connectivity index (χ3n) is 15.8. The smallest absolute Gasteiger partial charge is 0.249 e. The lowest BCUT2D eigenvalue weighted by Gasteiger charge is -2.27. The van der Waals surface area contributed by atoms with E-state index in [0.29, 0.717) is 19.3 Å². The Kier molecular flexibility index (Phi) is 61.1. The molecule has 1 amide bonds. The second-order valence-electron chi connectivity index (χ2n) is 23.2. The first kappa shape index (κ1) is 72.5. The molecule has 0 saturated carbocycles. The maximum Gasteiger partial charge on any atom is 0.249 e. The molecule has 4 atom stereocenters. The number of amides is 1. The van der Waals surface area contributed by atoms with Gasteiger partial charge >= 0.3 is 0 Å². The molecule has 0 fully saturated rings. The van der Waals surface area contributed by atoms with E-state index >= 15 is 0 Å². The highest BCUT2D eigenvalue weighted by Crippen LogP contribution is 2.18. The van der Waals surface area contributed by atoms with Crippen LogP contribution >= 0.6 is 0 Å². The van der Waals surface area contributed by atoms with Gasteiger partial charge in [-0.2, -0.15) is 0 Å². The van der Waals surface area contributed by atoms with Gasteiger partial charge in [-0.3, -0.25) is 4.79 Å². The Morgan fingerprint density at radius 3 is 0.851 bits per heavy atom. The highest BCUT2D eigenvalue weighted by molar-refractivity contribution is 5.80. The molecular formula is C68H131NO5. The summed E-state index contributed by atoms with van der Waals surface area (Å²) in [5.74, 6) is -0.592. The van der Waals surface area contributed by atoms with Gasteiger partial charge < -0.3 is 25.7 Å². The molecule has 438 valence electrons. The minimum atomic E-state index is -1.29. The van der Waals surface area contributed by atoms with Crippen molar-refractivity contribution in [3.05, 3.63) is 36.5 Å². The number of carbonyl (C=O) groups excluding carboxylic acids is 1. The van der Waals surface area contributed by atoms with E-state index in [1.165, 1.54) is 289 Å². The van der Waals surface area contributed by atoms with Crippen molar-refractivity contribution in [2.45, 2.75) is 385 Å². The van der Waals surface area contributed by atoms with Crippen LogP contribution in [-0.4, -0.2) is 57.3 Å². The van der Waals surface area contributed by atoms with Crippen LogP contribution in [0.4, 0.5) is 0 Å². The van der Waals surface area contributed by atoms with E-state index in [1.807, 2.05) is 0 Å². The normalized spacial score (nSPS) is 13.8. The first-order chi connectivity index (χ1) is 36.5. The van der Waals surface area contributed by atoms with Crippen molar-refractivity contribution in [2.24, 2.45) is 0 Å². The minimum Gasteiger partial charge on any atom is -0.394 e. The molecule has 6 nitrogen and oxygen atoms in total. The van der Waals surface area contributed by atoms with Crippen LogP contribution in [0, 0.1) is 0 Å². The summed E-state index contributed by atoms with van der Waals surface area (Å²) < 4.78 is 0. The maximum absolute atomic E-state index is 12.6. The van der Waals surface area contributed by atoms with Crippen LogP contribution in [0.2, 0.25) is 0 Å². The minimum absolute atomic E-state index is 0.362. The van der Waals surface area contributed by atoms with Crippen molar-refractivity contribution in [3.8, 4) is 0 Å². The van der Waals surface area contributed by atoms with Gasteiger partial charge in [-0.1, -0.05) is 320 Å². The van der Waals surface area contributed by atoms with Gasteiger partial charge in [0.1, 0.15) is 12.2 Å². The Labute approximate surface area is 462 Å². The first-order valence-corrected chi connectivity index (χ1v) is 33.4. The Morgan fingerprint density at radius 2 is 0.568 bits per heavy atom. The van der Waals surface area contributed by atoms with Crippen LogP contribution in [0.15, 0.2) is 36.5 Å². The highest BCUT2D eigenvalue weighted by Gasteiger charge is 2.28. The number of unbranched alkanes of at least 4 members (excludes halogenated alkanes) is 47. The van der Waals surface area contributed by atoms with Crippen LogP contribution in [-0.2, 0) is 4.79 Å². The number of nitrogens with one attached hydrogen (secondary N) is 1. The second-order valence-corrected chi connectivity index (χ2v) is 23.2. The molecule has 0 aromatic carbocycles. The summed E-state index contributed by atoms with van der Waals surface area (Å²) in [6.07, 6.45) is 79.7. The van der Waals surface area contributed by atoms with Crippen LogP contribution in [0.3, 0.4) is 0 Å². The van der Waals surface area contributed by atoms with Crippen LogP contribution in [0.1, 0.15) is 361 Å². The number of carbonyl (C=O) groups is 1. The Morgan fingerprint density at radius 1 is 0.324 bits per heavy atom. The number of aliphatic hydroxyl groups is 4. The van der Waals surface area contributed by atoms with Crippen molar-refractivity contribution in [1.82, 2.24) is 5.32 Å². The first-order valence-electron chi connectivity index (χ1n) is 33.4. The van der Waals surface area contributed by atoms with Crippen molar-refractivity contribution < 1.29 is 25.2 Å². The fourth-order valence-corrected chi connectivity index (χ4v) is 10.6. The molecule has 0 saturated heterocycles. The third-order valence-corrected chi connectivity index (χ3v) is 15.8. The Balaban J connectivity index is 3.61. The molecule has 0 bridgehead atoms. The molecule has 74 heavy (non-hydrogen) atoms.